The Morgan fingerprint density at radius 3 is 2.71 bits per heavy atom. The number of nitrogens with one attached hydrogen (secondary N) is 1. The second-order valence-electron chi connectivity index (χ2n) is 7.14. The molecule has 0 aliphatic carbocycles. The first kappa shape index (κ1) is 18.1. The third kappa shape index (κ3) is 4.16. The minimum atomic E-state index is -0.233. The van der Waals surface area contributed by atoms with E-state index >= 15 is 0 Å². The van der Waals surface area contributed by atoms with Crippen molar-refractivity contribution in [1.82, 2.24) is 4.98 Å². The van der Waals surface area contributed by atoms with E-state index in [1.54, 1.807) is 0 Å². The van der Waals surface area contributed by atoms with Crippen molar-refractivity contribution in [3.8, 4) is 0 Å². The number of fused-ring (bicyclic) bond motifs is 1. The van der Waals surface area contributed by atoms with Gasteiger partial charge in [-0.2, -0.15) is 0 Å². The molecule has 0 unspecified atom stereocenters. The van der Waals surface area contributed by atoms with Gasteiger partial charge in [0, 0.05) is 28.9 Å². The fraction of sp³-hybridized carbons (Fsp3) is 0.381. The summed E-state index contributed by atoms with van der Waals surface area (Å²) in [5.41, 5.74) is 5.57. The van der Waals surface area contributed by atoms with Crippen LogP contribution in [0.4, 0.5) is 0 Å². The molecule has 0 aliphatic rings. The molecular weight excluding hydrogens is 298 g/mol. The zero-order chi connectivity index (χ0) is 17.9. The normalized spacial score (nSPS) is 12.0. The van der Waals surface area contributed by atoms with Crippen molar-refractivity contribution in [3.63, 3.8) is 0 Å². The average Bonchev–Trinajstić information content (AvgIpc) is 2.80. The third-order valence-electron chi connectivity index (χ3n) is 4.18. The van der Waals surface area contributed by atoms with Gasteiger partial charge in [-0.25, -0.2) is 0 Å². The van der Waals surface area contributed by atoms with Crippen molar-refractivity contribution >= 4 is 22.4 Å². The number of aromatic nitrogens is 1. The lowest BCUT2D eigenvalue weighted by atomic mass is 9.85. The number of aryl methyl sites for hydroxylation is 1. The number of ether oxygens (including phenoxy) is 1. The zero-order valence-corrected chi connectivity index (χ0v) is 15.3. The highest BCUT2D eigenvalue weighted by atomic mass is 16.5. The summed E-state index contributed by atoms with van der Waals surface area (Å²) >= 11 is 0. The summed E-state index contributed by atoms with van der Waals surface area (Å²) in [6.45, 7) is 14.3. The summed E-state index contributed by atoms with van der Waals surface area (Å²) in [7, 11) is 0. The molecule has 24 heavy (non-hydrogen) atoms. The van der Waals surface area contributed by atoms with E-state index in [4.69, 9.17) is 4.74 Å². The number of rotatable bonds is 6. The lowest BCUT2D eigenvalue weighted by Crippen LogP contribution is -2.23. The van der Waals surface area contributed by atoms with Crippen LogP contribution in [0.3, 0.4) is 0 Å². The first-order valence-electron chi connectivity index (χ1n) is 8.30. The van der Waals surface area contributed by atoms with Crippen molar-refractivity contribution in [2.45, 2.75) is 41.0 Å². The van der Waals surface area contributed by atoms with E-state index < -0.39 is 0 Å². The monoisotopic (exact) mass is 325 g/mol. The van der Waals surface area contributed by atoms with Crippen molar-refractivity contribution in [2.24, 2.45) is 5.41 Å². The van der Waals surface area contributed by atoms with Gasteiger partial charge in [0.25, 0.3) is 0 Å². The molecule has 0 atom stereocenters. The van der Waals surface area contributed by atoms with E-state index in [0.717, 1.165) is 28.8 Å². The summed E-state index contributed by atoms with van der Waals surface area (Å²) in [4.78, 5) is 14.6. The topological polar surface area (TPSA) is 42.1 Å². The number of carbonyl (C=O) groups is 1. The van der Waals surface area contributed by atoms with Gasteiger partial charge in [-0.15, -0.1) is 0 Å². The quantitative estimate of drug-likeness (QED) is 0.586. The Balaban J connectivity index is 2.38. The second kappa shape index (κ2) is 7.08. The van der Waals surface area contributed by atoms with E-state index in [-0.39, 0.29) is 11.4 Å². The van der Waals surface area contributed by atoms with Crippen LogP contribution >= 0.6 is 0 Å². The van der Waals surface area contributed by atoms with Gasteiger partial charge in [0.2, 0.25) is 0 Å². The van der Waals surface area contributed by atoms with Crippen LogP contribution in [0.25, 0.3) is 16.5 Å². The molecule has 0 fully saturated rings. The summed E-state index contributed by atoms with van der Waals surface area (Å²) < 4.78 is 5.23. The standard InChI is InChI=1S/C21H27NO2/c1-7-8-14(2)17-9-10-20-18(11-17)19(15(3)22-20)12-21(5,6)13-24-16(4)23/h7-11,22H,2,12-13H2,1,3-6H3/b8-7+. The van der Waals surface area contributed by atoms with Crippen LogP contribution < -0.4 is 0 Å². The summed E-state index contributed by atoms with van der Waals surface area (Å²) in [6, 6.07) is 6.39. The number of H-pyrrole nitrogens is 1. The highest BCUT2D eigenvalue weighted by molar-refractivity contribution is 5.89. The predicted octanol–water partition coefficient (Wildman–Crippen LogP) is 5.20. The Morgan fingerprint density at radius 1 is 1.38 bits per heavy atom. The Labute approximate surface area is 144 Å². The van der Waals surface area contributed by atoms with Crippen molar-refractivity contribution < 1.29 is 9.53 Å². The SMILES string of the molecule is C=C(/C=C/C)c1ccc2[nH]c(C)c(CC(C)(C)COC(C)=O)c2c1. The number of hydrogen-bond donors (Lipinski definition) is 1. The first-order chi connectivity index (χ1) is 11.2. The molecule has 0 radical (unpaired) electrons. The van der Waals surface area contributed by atoms with E-state index in [2.05, 4.69) is 50.5 Å². The molecule has 1 N–H and O–H groups in total. The molecule has 1 aromatic carbocycles. The van der Waals surface area contributed by atoms with Gasteiger partial charge in [-0.1, -0.05) is 38.6 Å². The molecule has 1 heterocycles. The van der Waals surface area contributed by atoms with E-state index in [0.29, 0.717) is 6.61 Å². The predicted molar refractivity (Wildman–Crippen MR) is 101 cm³/mol. The highest BCUT2D eigenvalue weighted by Crippen LogP contribution is 2.31. The van der Waals surface area contributed by atoms with Gasteiger partial charge in [0.15, 0.2) is 0 Å². The lowest BCUT2D eigenvalue weighted by Gasteiger charge is -2.24. The Bertz CT molecular complexity index is 794. The Morgan fingerprint density at radius 2 is 2.08 bits per heavy atom. The van der Waals surface area contributed by atoms with Crippen LogP contribution in [0, 0.1) is 12.3 Å². The average molecular weight is 325 g/mol. The van der Waals surface area contributed by atoms with Crippen LogP contribution in [0.15, 0.2) is 36.9 Å². The van der Waals surface area contributed by atoms with E-state index in [1.807, 2.05) is 19.1 Å². The minimum absolute atomic E-state index is 0.123. The fourth-order valence-corrected chi connectivity index (χ4v) is 2.93. The van der Waals surface area contributed by atoms with Crippen LogP contribution in [0.1, 0.15) is 44.5 Å². The van der Waals surface area contributed by atoms with Gasteiger partial charge < -0.3 is 9.72 Å². The number of carbonyl (C=O) groups excluding carboxylic acids is 1. The van der Waals surface area contributed by atoms with Crippen LogP contribution in [-0.2, 0) is 16.0 Å². The maximum Gasteiger partial charge on any atom is 0.302 e. The van der Waals surface area contributed by atoms with E-state index in [9.17, 15) is 4.79 Å². The maximum atomic E-state index is 11.1. The van der Waals surface area contributed by atoms with Gasteiger partial charge >= 0.3 is 5.97 Å². The van der Waals surface area contributed by atoms with Crippen molar-refractivity contribution in [3.05, 3.63) is 53.8 Å². The van der Waals surface area contributed by atoms with Crippen molar-refractivity contribution in [1.29, 1.82) is 0 Å². The second-order valence-corrected chi connectivity index (χ2v) is 7.14. The molecule has 3 heteroatoms. The number of aromatic amines is 1. The van der Waals surface area contributed by atoms with Gasteiger partial charge in [0.1, 0.15) is 0 Å². The summed E-state index contributed by atoms with van der Waals surface area (Å²) in [6.07, 6.45) is 4.86. The molecule has 2 aromatic rings. The van der Waals surface area contributed by atoms with Crippen LogP contribution in [-0.4, -0.2) is 17.6 Å². The lowest BCUT2D eigenvalue weighted by molar-refractivity contribution is -0.143. The first-order valence-corrected chi connectivity index (χ1v) is 8.30. The Kier molecular flexibility index (Phi) is 5.33. The Hall–Kier alpha value is -2.29. The van der Waals surface area contributed by atoms with Crippen LogP contribution in [0.5, 0.6) is 0 Å². The van der Waals surface area contributed by atoms with Gasteiger partial charge in [0.05, 0.1) is 6.61 Å². The number of esters is 1. The highest BCUT2D eigenvalue weighted by Gasteiger charge is 2.23. The van der Waals surface area contributed by atoms with Crippen molar-refractivity contribution in [2.75, 3.05) is 6.61 Å². The van der Waals surface area contributed by atoms with Gasteiger partial charge in [-0.3, -0.25) is 4.79 Å². The summed E-state index contributed by atoms with van der Waals surface area (Å²) in [5.74, 6) is -0.233. The maximum absolute atomic E-state index is 11.1. The molecule has 0 spiro atoms. The fourth-order valence-electron chi connectivity index (χ4n) is 2.93. The molecule has 0 aliphatic heterocycles. The number of allylic oxidation sites excluding steroid dienone is 3. The smallest absolute Gasteiger partial charge is 0.302 e. The third-order valence-corrected chi connectivity index (χ3v) is 4.18. The number of hydrogen-bond acceptors (Lipinski definition) is 2. The molecule has 1 aromatic heterocycles. The van der Waals surface area contributed by atoms with Gasteiger partial charge in [-0.05, 0) is 49.1 Å². The molecule has 128 valence electrons. The molecule has 0 amide bonds. The number of benzene rings is 1. The zero-order valence-electron chi connectivity index (χ0n) is 15.3. The molecule has 3 nitrogen and oxygen atoms in total. The van der Waals surface area contributed by atoms with Crippen LogP contribution in [0.2, 0.25) is 0 Å². The molecule has 2 rings (SSSR count). The largest absolute Gasteiger partial charge is 0.465 e. The molecule has 0 bridgehead atoms. The molecular formula is C21H27NO2. The molecule has 0 saturated carbocycles. The summed E-state index contributed by atoms with van der Waals surface area (Å²) in [5, 5.41) is 1.21. The molecule has 0 saturated heterocycles. The van der Waals surface area contributed by atoms with E-state index in [1.165, 1.54) is 17.9 Å². The minimum Gasteiger partial charge on any atom is -0.465 e.